The van der Waals surface area contributed by atoms with E-state index in [0.29, 0.717) is 11.5 Å². The van der Waals surface area contributed by atoms with E-state index in [2.05, 4.69) is 0 Å². The normalized spacial score (nSPS) is 9.65. The molecule has 0 fully saturated rings. The Balaban J connectivity index is 0.000000185. The number of benzene rings is 3. The number of aryl methyl sites for hydroxylation is 2. The van der Waals surface area contributed by atoms with Crippen LogP contribution in [0.3, 0.4) is 0 Å². The summed E-state index contributed by atoms with van der Waals surface area (Å²) >= 11 is 0. The molecule has 0 aliphatic rings. The maximum absolute atomic E-state index is 9.21. The van der Waals surface area contributed by atoms with E-state index in [0.717, 1.165) is 16.9 Å². The molecular formula is C20H20O3. The molecule has 3 rings (SSSR count). The van der Waals surface area contributed by atoms with Gasteiger partial charge in [0.05, 0.1) is 0 Å². The van der Waals surface area contributed by atoms with Crippen LogP contribution in [0, 0.1) is 13.8 Å². The number of hydrogen-bond acceptors (Lipinski definition) is 3. The third kappa shape index (κ3) is 5.08. The second-order valence-electron chi connectivity index (χ2n) is 5.15. The second-order valence-corrected chi connectivity index (χ2v) is 5.15. The number of phenolic OH excluding ortho intramolecular Hbond substituents is 2. The van der Waals surface area contributed by atoms with Crippen LogP contribution in [0.1, 0.15) is 11.1 Å². The Morgan fingerprint density at radius 3 is 1.65 bits per heavy atom. The van der Waals surface area contributed by atoms with Gasteiger partial charge < -0.3 is 14.9 Å². The Hall–Kier alpha value is -2.94. The van der Waals surface area contributed by atoms with Gasteiger partial charge in [-0.25, -0.2) is 0 Å². The van der Waals surface area contributed by atoms with Crippen LogP contribution in [0.15, 0.2) is 72.8 Å². The van der Waals surface area contributed by atoms with Gasteiger partial charge in [-0.1, -0.05) is 36.4 Å². The van der Waals surface area contributed by atoms with Crippen molar-refractivity contribution in [1.82, 2.24) is 0 Å². The van der Waals surface area contributed by atoms with Crippen molar-refractivity contribution in [2.24, 2.45) is 0 Å². The molecule has 0 heterocycles. The van der Waals surface area contributed by atoms with Gasteiger partial charge in [-0.05, 0) is 61.4 Å². The summed E-state index contributed by atoms with van der Waals surface area (Å²) in [4.78, 5) is 0. The molecule has 0 unspecified atom stereocenters. The highest BCUT2D eigenvalue weighted by atomic mass is 16.5. The highest BCUT2D eigenvalue weighted by Gasteiger charge is 1.96. The zero-order valence-electron chi connectivity index (χ0n) is 13.2. The molecule has 0 aliphatic carbocycles. The molecule has 0 saturated carbocycles. The summed E-state index contributed by atoms with van der Waals surface area (Å²) in [7, 11) is 0. The van der Waals surface area contributed by atoms with Crippen LogP contribution in [-0.4, -0.2) is 10.2 Å². The van der Waals surface area contributed by atoms with Crippen molar-refractivity contribution in [3.05, 3.63) is 83.9 Å². The summed E-state index contributed by atoms with van der Waals surface area (Å²) < 4.78 is 5.52. The van der Waals surface area contributed by atoms with Gasteiger partial charge in [0.1, 0.15) is 23.0 Å². The smallest absolute Gasteiger partial charge is 0.127 e. The van der Waals surface area contributed by atoms with Gasteiger partial charge in [0, 0.05) is 0 Å². The number of aromatic hydroxyl groups is 2. The fourth-order valence-corrected chi connectivity index (χ4v) is 1.94. The molecular weight excluding hydrogens is 288 g/mol. The molecule has 3 nitrogen and oxygen atoms in total. The summed E-state index contributed by atoms with van der Waals surface area (Å²) in [6.07, 6.45) is 0. The molecule has 0 spiro atoms. The minimum Gasteiger partial charge on any atom is -0.508 e. The Kier molecular flexibility index (Phi) is 5.64. The maximum Gasteiger partial charge on any atom is 0.127 e. The lowest BCUT2D eigenvalue weighted by Gasteiger charge is -2.04. The lowest BCUT2D eigenvalue weighted by atomic mass is 10.1. The van der Waals surface area contributed by atoms with E-state index in [1.54, 1.807) is 24.3 Å². The van der Waals surface area contributed by atoms with E-state index in [9.17, 15) is 5.11 Å². The molecule has 2 N–H and O–H groups in total. The van der Waals surface area contributed by atoms with E-state index in [1.165, 1.54) is 0 Å². The third-order valence-corrected chi connectivity index (χ3v) is 3.26. The quantitative estimate of drug-likeness (QED) is 0.684. The number of hydrogen-bond donors (Lipinski definition) is 2. The average molecular weight is 308 g/mol. The van der Waals surface area contributed by atoms with E-state index in [-0.39, 0.29) is 5.75 Å². The fourth-order valence-electron chi connectivity index (χ4n) is 1.94. The van der Waals surface area contributed by atoms with Crippen LogP contribution in [0.2, 0.25) is 0 Å². The van der Waals surface area contributed by atoms with E-state index in [4.69, 9.17) is 9.84 Å². The Labute approximate surface area is 136 Å². The van der Waals surface area contributed by atoms with Crippen LogP contribution < -0.4 is 4.74 Å². The van der Waals surface area contributed by atoms with Gasteiger partial charge in [-0.15, -0.1) is 0 Å². The van der Waals surface area contributed by atoms with Crippen LogP contribution >= 0.6 is 0 Å². The van der Waals surface area contributed by atoms with Crippen molar-refractivity contribution < 1.29 is 14.9 Å². The molecule has 0 aliphatic heterocycles. The van der Waals surface area contributed by atoms with Crippen molar-refractivity contribution in [3.8, 4) is 23.0 Å². The van der Waals surface area contributed by atoms with Crippen LogP contribution in [0.4, 0.5) is 0 Å². The lowest BCUT2D eigenvalue weighted by Crippen LogP contribution is -1.81. The standard InChI is InChI=1S/C12H10O2.C8H10O/c13-10-6-8-12(9-7-10)14-11-4-2-1-3-5-11;1-6-4-3-5-7(2)8(6)9/h1-9,13H;3-5,9H,1-2H3. The molecule has 0 amide bonds. The van der Waals surface area contributed by atoms with Crippen LogP contribution in [0.25, 0.3) is 0 Å². The Morgan fingerprint density at radius 1 is 0.609 bits per heavy atom. The first kappa shape index (κ1) is 16.4. The molecule has 0 aromatic heterocycles. The predicted octanol–water partition coefficient (Wildman–Crippen LogP) is 5.19. The van der Waals surface area contributed by atoms with Crippen molar-refractivity contribution in [3.63, 3.8) is 0 Å². The molecule has 3 aromatic rings. The summed E-state index contributed by atoms with van der Waals surface area (Å²) in [5, 5.41) is 18.3. The fraction of sp³-hybridized carbons (Fsp3) is 0.100. The minimum absolute atomic E-state index is 0.241. The van der Waals surface area contributed by atoms with Crippen molar-refractivity contribution in [2.45, 2.75) is 13.8 Å². The van der Waals surface area contributed by atoms with E-state index >= 15 is 0 Å². The van der Waals surface area contributed by atoms with Gasteiger partial charge in [0.2, 0.25) is 0 Å². The first-order valence-electron chi connectivity index (χ1n) is 7.33. The molecule has 118 valence electrons. The van der Waals surface area contributed by atoms with E-state index in [1.807, 2.05) is 62.4 Å². The van der Waals surface area contributed by atoms with Crippen molar-refractivity contribution in [1.29, 1.82) is 0 Å². The van der Waals surface area contributed by atoms with Gasteiger partial charge in [0.15, 0.2) is 0 Å². The summed E-state index contributed by atoms with van der Waals surface area (Å²) in [6.45, 7) is 3.78. The zero-order valence-corrected chi connectivity index (χ0v) is 13.2. The average Bonchev–Trinajstić information content (AvgIpc) is 2.56. The van der Waals surface area contributed by atoms with Gasteiger partial charge in [-0.3, -0.25) is 0 Å². The van der Waals surface area contributed by atoms with Crippen LogP contribution in [0.5, 0.6) is 23.0 Å². The topological polar surface area (TPSA) is 49.7 Å². The number of para-hydroxylation sites is 2. The third-order valence-electron chi connectivity index (χ3n) is 3.26. The largest absolute Gasteiger partial charge is 0.508 e. The van der Waals surface area contributed by atoms with Gasteiger partial charge in [-0.2, -0.15) is 0 Å². The summed E-state index contributed by atoms with van der Waals surface area (Å²) in [5.74, 6) is 2.16. The molecule has 23 heavy (non-hydrogen) atoms. The maximum atomic E-state index is 9.21. The Bertz CT molecular complexity index is 714. The molecule has 3 aromatic carbocycles. The monoisotopic (exact) mass is 308 g/mol. The highest BCUT2D eigenvalue weighted by molar-refractivity contribution is 5.38. The van der Waals surface area contributed by atoms with Crippen LogP contribution in [-0.2, 0) is 0 Å². The first-order chi connectivity index (χ1) is 11.1. The molecule has 0 saturated heterocycles. The summed E-state index contributed by atoms with van der Waals surface area (Å²) in [6, 6.07) is 21.9. The highest BCUT2D eigenvalue weighted by Crippen LogP contribution is 2.22. The molecule has 0 atom stereocenters. The number of phenols is 2. The summed E-state index contributed by atoms with van der Waals surface area (Å²) in [5.41, 5.74) is 1.88. The first-order valence-corrected chi connectivity index (χ1v) is 7.33. The Morgan fingerprint density at radius 2 is 1.13 bits per heavy atom. The van der Waals surface area contributed by atoms with Gasteiger partial charge in [0.25, 0.3) is 0 Å². The molecule has 0 radical (unpaired) electrons. The zero-order chi connectivity index (χ0) is 16.7. The second kappa shape index (κ2) is 7.90. The predicted molar refractivity (Wildman–Crippen MR) is 92.2 cm³/mol. The van der Waals surface area contributed by atoms with Crippen molar-refractivity contribution in [2.75, 3.05) is 0 Å². The SMILES string of the molecule is Cc1cccc(C)c1O.Oc1ccc(Oc2ccccc2)cc1. The number of rotatable bonds is 2. The number of ether oxygens (including phenoxy) is 1. The molecule has 0 bridgehead atoms. The lowest BCUT2D eigenvalue weighted by molar-refractivity contribution is 0.464. The molecule has 3 heteroatoms. The van der Waals surface area contributed by atoms with Crippen molar-refractivity contribution >= 4 is 0 Å². The van der Waals surface area contributed by atoms with Gasteiger partial charge >= 0.3 is 0 Å². The van der Waals surface area contributed by atoms with E-state index < -0.39 is 0 Å². The minimum atomic E-state index is 0.241.